The highest BCUT2D eigenvalue weighted by atomic mass is 19.1. The Bertz CT molecular complexity index is 905. The standard InChI is InChI=1S/C20H24FN5O/c1-13(2)12-26-14(3)19(11-25-26)27-18-8-16(21)4-5-17(18)20-23-9-15(6-7-22)10-24-20/h4-5,8-11,13H,6-7,12,22H2,1-3H3. The molecular formula is C20H24FN5O. The van der Waals surface area contributed by atoms with Gasteiger partial charge in [-0.05, 0) is 43.5 Å². The fraction of sp³-hybridized carbons (Fsp3) is 0.350. The molecule has 0 aliphatic heterocycles. The predicted molar refractivity (Wildman–Crippen MR) is 102 cm³/mol. The first-order valence-corrected chi connectivity index (χ1v) is 8.99. The van der Waals surface area contributed by atoms with Crippen LogP contribution in [0.5, 0.6) is 11.5 Å². The van der Waals surface area contributed by atoms with Gasteiger partial charge in [-0.1, -0.05) is 13.8 Å². The minimum absolute atomic E-state index is 0.355. The van der Waals surface area contributed by atoms with E-state index in [-0.39, 0.29) is 5.82 Å². The van der Waals surface area contributed by atoms with Gasteiger partial charge in [-0.3, -0.25) is 4.68 Å². The SMILES string of the molecule is Cc1c(Oc2cc(F)ccc2-c2ncc(CCN)cn2)cnn1CC(C)C. The molecule has 0 radical (unpaired) electrons. The molecule has 0 spiro atoms. The van der Waals surface area contributed by atoms with Crippen molar-refractivity contribution >= 4 is 0 Å². The quantitative estimate of drug-likeness (QED) is 0.686. The van der Waals surface area contributed by atoms with E-state index in [2.05, 4.69) is 28.9 Å². The fourth-order valence-corrected chi connectivity index (χ4v) is 2.73. The van der Waals surface area contributed by atoms with Gasteiger partial charge < -0.3 is 10.5 Å². The Balaban J connectivity index is 1.92. The van der Waals surface area contributed by atoms with Crippen LogP contribution in [0.25, 0.3) is 11.4 Å². The first-order valence-electron chi connectivity index (χ1n) is 8.99. The molecule has 142 valence electrons. The van der Waals surface area contributed by atoms with Crippen molar-refractivity contribution in [2.45, 2.75) is 33.7 Å². The topological polar surface area (TPSA) is 78.8 Å². The van der Waals surface area contributed by atoms with Gasteiger partial charge in [0.25, 0.3) is 0 Å². The molecule has 2 heterocycles. The van der Waals surface area contributed by atoms with Crippen LogP contribution in [0.4, 0.5) is 4.39 Å². The van der Waals surface area contributed by atoms with Crippen LogP contribution in [0.2, 0.25) is 0 Å². The summed E-state index contributed by atoms with van der Waals surface area (Å²) in [5, 5.41) is 4.36. The first kappa shape index (κ1) is 19.0. The molecule has 3 aromatic rings. The molecular weight excluding hydrogens is 345 g/mol. The number of hydrogen-bond acceptors (Lipinski definition) is 5. The van der Waals surface area contributed by atoms with Crippen LogP contribution in [0.1, 0.15) is 25.1 Å². The molecule has 0 amide bonds. The Morgan fingerprint density at radius 3 is 2.56 bits per heavy atom. The van der Waals surface area contributed by atoms with Gasteiger partial charge in [0.15, 0.2) is 11.6 Å². The van der Waals surface area contributed by atoms with Crippen molar-refractivity contribution in [3.05, 3.63) is 53.9 Å². The second-order valence-electron chi connectivity index (χ2n) is 6.87. The molecule has 0 aliphatic carbocycles. The van der Waals surface area contributed by atoms with E-state index in [0.717, 1.165) is 17.8 Å². The van der Waals surface area contributed by atoms with Crippen LogP contribution in [-0.2, 0) is 13.0 Å². The van der Waals surface area contributed by atoms with E-state index < -0.39 is 0 Å². The summed E-state index contributed by atoms with van der Waals surface area (Å²) in [5.74, 6) is 1.48. The third-order valence-electron chi connectivity index (χ3n) is 4.14. The van der Waals surface area contributed by atoms with Crippen molar-refractivity contribution in [2.75, 3.05) is 6.54 Å². The van der Waals surface area contributed by atoms with Crippen LogP contribution in [0, 0.1) is 18.7 Å². The minimum Gasteiger partial charge on any atom is -0.453 e. The summed E-state index contributed by atoms with van der Waals surface area (Å²) in [6, 6.07) is 4.33. The van der Waals surface area contributed by atoms with Crippen molar-refractivity contribution in [1.29, 1.82) is 0 Å². The van der Waals surface area contributed by atoms with Crippen molar-refractivity contribution < 1.29 is 9.13 Å². The summed E-state index contributed by atoms with van der Waals surface area (Å²) < 4.78 is 21.7. The molecule has 6 nitrogen and oxygen atoms in total. The van der Waals surface area contributed by atoms with Gasteiger partial charge in [0.2, 0.25) is 0 Å². The zero-order valence-corrected chi connectivity index (χ0v) is 15.8. The van der Waals surface area contributed by atoms with Gasteiger partial charge in [-0.2, -0.15) is 5.10 Å². The average molecular weight is 369 g/mol. The molecule has 0 atom stereocenters. The number of nitrogens with zero attached hydrogens (tertiary/aromatic N) is 4. The van der Waals surface area contributed by atoms with E-state index in [4.69, 9.17) is 10.5 Å². The average Bonchev–Trinajstić information content (AvgIpc) is 2.96. The smallest absolute Gasteiger partial charge is 0.168 e. The van der Waals surface area contributed by atoms with E-state index in [0.29, 0.717) is 41.8 Å². The lowest BCUT2D eigenvalue weighted by Crippen LogP contribution is -2.07. The van der Waals surface area contributed by atoms with Crippen LogP contribution >= 0.6 is 0 Å². The van der Waals surface area contributed by atoms with Crippen molar-refractivity contribution in [2.24, 2.45) is 11.7 Å². The van der Waals surface area contributed by atoms with Crippen molar-refractivity contribution in [3.8, 4) is 22.9 Å². The lowest BCUT2D eigenvalue weighted by Gasteiger charge is -2.11. The Kier molecular flexibility index (Phi) is 5.81. The third-order valence-corrected chi connectivity index (χ3v) is 4.14. The largest absolute Gasteiger partial charge is 0.453 e. The molecule has 0 saturated carbocycles. The number of halogens is 1. The van der Waals surface area contributed by atoms with E-state index in [1.54, 1.807) is 24.7 Å². The van der Waals surface area contributed by atoms with Crippen LogP contribution < -0.4 is 10.5 Å². The second kappa shape index (κ2) is 8.26. The maximum atomic E-state index is 13.9. The highest BCUT2D eigenvalue weighted by Gasteiger charge is 2.15. The van der Waals surface area contributed by atoms with Gasteiger partial charge >= 0.3 is 0 Å². The number of nitrogens with two attached hydrogens (primary N) is 1. The van der Waals surface area contributed by atoms with Crippen LogP contribution in [-0.4, -0.2) is 26.3 Å². The van der Waals surface area contributed by atoms with Gasteiger partial charge in [0.05, 0.1) is 17.5 Å². The van der Waals surface area contributed by atoms with Gasteiger partial charge in [0.1, 0.15) is 11.6 Å². The monoisotopic (exact) mass is 369 g/mol. The molecule has 7 heteroatoms. The Labute approximate surface area is 158 Å². The van der Waals surface area contributed by atoms with Gasteiger partial charge in [0, 0.05) is 25.0 Å². The molecule has 0 bridgehead atoms. The summed E-state index contributed by atoms with van der Waals surface area (Å²) in [6.07, 6.45) is 5.82. The Morgan fingerprint density at radius 2 is 1.89 bits per heavy atom. The van der Waals surface area contributed by atoms with Crippen LogP contribution in [0.3, 0.4) is 0 Å². The lowest BCUT2D eigenvalue weighted by molar-refractivity contribution is 0.455. The highest BCUT2D eigenvalue weighted by Crippen LogP contribution is 2.33. The van der Waals surface area contributed by atoms with Crippen LogP contribution in [0.15, 0.2) is 36.8 Å². The zero-order chi connectivity index (χ0) is 19.4. The van der Waals surface area contributed by atoms with E-state index >= 15 is 0 Å². The number of ether oxygens (including phenoxy) is 1. The van der Waals surface area contributed by atoms with Crippen molar-refractivity contribution in [1.82, 2.24) is 19.7 Å². The predicted octanol–water partition coefficient (Wildman–Crippen LogP) is 3.74. The first-order chi connectivity index (χ1) is 13.0. The molecule has 0 saturated heterocycles. The number of benzene rings is 1. The Morgan fingerprint density at radius 1 is 1.15 bits per heavy atom. The normalized spacial score (nSPS) is 11.2. The maximum absolute atomic E-state index is 13.9. The van der Waals surface area contributed by atoms with E-state index in [9.17, 15) is 4.39 Å². The summed E-state index contributed by atoms with van der Waals surface area (Å²) in [4.78, 5) is 8.75. The van der Waals surface area contributed by atoms with Gasteiger partial charge in [-0.15, -0.1) is 0 Å². The number of aromatic nitrogens is 4. The molecule has 0 aliphatic rings. The summed E-state index contributed by atoms with van der Waals surface area (Å²) in [7, 11) is 0. The summed E-state index contributed by atoms with van der Waals surface area (Å²) >= 11 is 0. The number of rotatable bonds is 7. The van der Waals surface area contributed by atoms with Crippen molar-refractivity contribution in [3.63, 3.8) is 0 Å². The highest BCUT2D eigenvalue weighted by molar-refractivity contribution is 5.64. The summed E-state index contributed by atoms with van der Waals surface area (Å²) in [5.41, 5.74) is 8.02. The van der Waals surface area contributed by atoms with E-state index in [1.807, 2.05) is 11.6 Å². The molecule has 1 aromatic carbocycles. The molecule has 2 N–H and O–H groups in total. The van der Waals surface area contributed by atoms with Gasteiger partial charge in [-0.25, -0.2) is 14.4 Å². The Hall–Kier alpha value is -2.80. The fourth-order valence-electron chi connectivity index (χ4n) is 2.73. The summed E-state index contributed by atoms with van der Waals surface area (Å²) in [6.45, 7) is 7.50. The minimum atomic E-state index is -0.388. The number of hydrogen-bond donors (Lipinski definition) is 1. The zero-order valence-electron chi connectivity index (χ0n) is 15.8. The second-order valence-corrected chi connectivity index (χ2v) is 6.87. The molecule has 27 heavy (non-hydrogen) atoms. The molecule has 3 rings (SSSR count). The molecule has 0 fully saturated rings. The maximum Gasteiger partial charge on any atom is 0.168 e. The molecule has 0 unspecified atom stereocenters. The third kappa shape index (κ3) is 4.49. The molecule has 2 aromatic heterocycles. The van der Waals surface area contributed by atoms with E-state index in [1.165, 1.54) is 12.1 Å². The lowest BCUT2D eigenvalue weighted by atomic mass is 10.1.